The number of hydrogen-bond acceptors (Lipinski definition) is 0. The molecule has 0 nitrogen and oxygen atoms in total. The average molecular weight is 298 g/mol. The summed E-state index contributed by atoms with van der Waals surface area (Å²) >= 11 is 2.99. The first kappa shape index (κ1) is 7.63. The van der Waals surface area contributed by atoms with E-state index in [9.17, 15) is 0 Å². The van der Waals surface area contributed by atoms with Gasteiger partial charge in [-0.05, 0) is 0 Å². The molecule has 0 amide bonds. The van der Waals surface area contributed by atoms with Crippen molar-refractivity contribution in [3.05, 3.63) is 35.9 Å². The van der Waals surface area contributed by atoms with Crippen molar-refractivity contribution in [2.75, 3.05) is 0 Å². The average Bonchev–Trinajstić information content (AvgIpc) is 1.91. The van der Waals surface area contributed by atoms with Crippen molar-refractivity contribution < 1.29 is 0 Å². The molecule has 0 spiro atoms. The summed E-state index contributed by atoms with van der Waals surface area (Å²) < 4.78 is 0. The molecular weight excluding hydrogens is 291 g/mol. The van der Waals surface area contributed by atoms with E-state index in [-0.39, 0.29) is 0 Å². The minimum atomic E-state index is 0.789. The zero-order valence-electron chi connectivity index (χ0n) is 4.91. The van der Waals surface area contributed by atoms with E-state index in [1.54, 1.807) is 0 Å². The van der Waals surface area contributed by atoms with Gasteiger partial charge in [0.05, 0.1) is 0 Å². The summed E-state index contributed by atoms with van der Waals surface area (Å²) in [4.78, 5) is 0. The van der Waals surface area contributed by atoms with Gasteiger partial charge < -0.3 is 0 Å². The molecule has 1 aromatic rings. The molecular formula is C7H7SeTe. The molecule has 0 heterocycles. The van der Waals surface area contributed by atoms with Crippen LogP contribution in [0.2, 0.25) is 0 Å². The van der Waals surface area contributed by atoms with Crippen LogP contribution in [0.1, 0.15) is 5.56 Å². The number of rotatable bonds is 2. The minimum absolute atomic E-state index is 0.789. The summed E-state index contributed by atoms with van der Waals surface area (Å²) in [6.45, 7) is 0. The normalized spacial score (nSPS) is 9.44. The molecule has 9 heavy (non-hydrogen) atoms. The molecule has 0 aromatic heterocycles. The second-order valence-corrected chi connectivity index (χ2v) is 6.34. The Kier molecular flexibility index (Phi) is 3.70. The van der Waals surface area contributed by atoms with Crippen molar-refractivity contribution in [3.63, 3.8) is 0 Å². The van der Waals surface area contributed by atoms with Crippen molar-refractivity contribution in [2.45, 2.75) is 5.32 Å². The molecule has 2 heteroatoms. The van der Waals surface area contributed by atoms with E-state index in [0.717, 1.165) is 11.8 Å². The van der Waals surface area contributed by atoms with Crippen molar-refractivity contribution in [3.8, 4) is 0 Å². The first-order valence-corrected chi connectivity index (χ1v) is 9.57. The van der Waals surface area contributed by atoms with Crippen molar-refractivity contribution in [1.82, 2.24) is 0 Å². The molecule has 0 fully saturated rings. The second-order valence-electron chi connectivity index (χ2n) is 1.75. The predicted molar refractivity (Wildman–Crippen MR) is 41.7 cm³/mol. The van der Waals surface area contributed by atoms with Crippen LogP contribution < -0.4 is 0 Å². The molecule has 1 rings (SSSR count). The van der Waals surface area contributed by atoms with Gasteiger partial charge in [0, 0.05) is 0 Å². The van der Waals surface area contributed by atoms with E-state index >= 15 is 0 Å². The molecule has 0 aliphatic rings. The third kappa shape index (κ3) is 2.74. The third-order valence-corrected chi connectivity index (χ3v) is 3.76. The van der Waals surface area contributed by atoms with Crippen LogP contribution in [0.4, 0.5) is 0 Å². The van der Waals surface area contributed by atoms with Crippen LogP contribution in [0.15, 0.2) is 30.3 Å². The molecule has 0 unspecified atom stereocenters. The Balaban J connectivity index is 2.61. The predicted octanol–water partition coefficient (Wildman–Crippen LogP) is 0.974. The molecule has 47 valence electrons. The van der Waals surface area contributed by atoms with E-state index in [1.165, 1.54) is 10.9 Å². The zero-order valence-corrected chi connectivity index (χ0v) is 8.95. The van der Waals surface area contributed by atoms with Crippen molar-refractivity contribution >= 4 is 31.8 Å². The van der Waals surface area contributed by atoms with Crippen LogP contribution in [0.3, 0.4) is 0 Å². The van der Waals surface area contributed by atoms with Crippen LogP contribution in [-0.4, -0.2) is 31.8 Å². The maximum atomic E-state index is 2.20. The van der Waals surface area contributed by atoms with E-state index in [4.69, 9.17) is 0 Å². The molecule has 0 bridgehead atoms. The van der Waals surface area contributed by atoms with Crippen LogP contribution in [0.5, 0.6) is 0 Å². The van der Waals surface area contributed by atoms with Gasteiger partial charge in [-0.25, -0.2) is 0 Å². The van der Waals surface area contributed by atoms with Crippen molar-refractivity contribution in [2.24, 2.45) is 0 Å². The Bertz CT molecular complexity index is 162. The molecule has 0 aliphatic carbocycles. The van der Waals surface area contributed by atoms with Crippen LogP contribution >= 0.6 is 0 Å². The van der Waals surface area contributed by atoms with Gasteiger partial charge in [-0.15, -0.1) is 0 Å². The van der Waals surface area contributed by atoms with Crippen LogP contribution in [-0.2, 0) is 5.32 Å². The summed E-state index contributed by atoms with van der Waals surface area (Å²) in [7, 11) is 0. The summed E-state index contributed by atoms with van der Waals surface area (Å²) in [6.07, 6.45) is 0. The van der Waals surface area contributed by atoms with Gasteiger partial charge in [0.2, 0.25) is 0 Å². The van der Waals surface area contributed by atoms with Crippen molar-refractivity contribution in [1.29, 1.82) is 0 Å². The monoisotopic (exact) mass is 301 g/mol. The van der Waals surface area contributed by atoms with E-state index in [2.05, 4.69) is 50.4 Å². The zero-order chi connectivity index (χ0) is 6.53. The van der Waals surface area contributed by atoms with Gasteiger partial charge in [0.25, 0.3) is 0 Å². The van der Waals surface area contributed by atoms with E-state index in [0.29, 0.717) is 0 Å². The summed E-state index contributed by atoms with van der Waals surface area (Å²) in [5, 5.41) is 1.28. The first-order valence-electron chi connectivity index (χ1n) is 2.72. The van der Waals surface area contributed by atoms with Gasteiger partial charge in [-0.3, -0.25) is 0 Å². The van der Waals surface area contributed by atoms with Gasteiger partial charge in [0.1, 0.15) is 0 Å². The first-order chi connectivity index (χ1) is 4.43. The SMILES string of the molecule is [Te][Se]Cc1ccccc1. The third-order valence-electron chi connectivity index (χ3n) is 1.07. The Hall–Kier alpha value is 0.529. The molecule has 1 aromatic carbocycles. The Morgan fingerprint density at radius 2 is 1.89 bits per heavy atom. The van der Waals surface area contributed by atoms with Gasteiger partial charge in [-0.1, -0.05) is 0 Å². The van der Waals surface area contributed by atoms with E-state index in [1.807, 2.05) is 0 Å². The molecule has 0 N–H and O–H groups in total. The molecule has 0 aliphatic heterocycles. The molecule has 0 saturated heterocycles. The Morgan fingerprint density at radius 3 is 2.44 bits per heavy atom. The summed E-state index contributed by atoms with van der Waals surface area (Å²) in [5.74, 6) is 0. The Morgan fingerprint density at radius 1 is 1.22 bits per heavy atom. The molecule has 0 saturated carbocycles. The fraction of sp³-hybridized carbons (Fsp3) is 0.143. The second kappa shape index (κ2) is 4.36. The van der Waals surface area contributed by atoms with Gasteiger partial charge in [0.15, 0.2) is 0 Å². The molecule has 0 atom stereocenters. The van der Waals surface area contributed by atoms with Crippen LogP contribution in [0.25, 0.3) is 0 Å². The van der Waals surface area contributed by atoms with E-state index < -0.39 is 0 Å². The van der Waals surface area contributed by atoms with Gasteiger partial charge in [-0.2, -0.15) is 0 Å². The maximum absolute atomic E-state index is 2.20. The fourth-order valence-electron chi connectivity index (χ4n) is 0.642. The summed E-state index contributed by atoms with van der Waals surface area (Å²) in [6, 6.07) is 10.6. The number of benzene rings is 1. The van der Waals surface area contributed by atoms with Crippen LogP contribution in [0, 0.1) is 0 Å². The summed E-state index contributed by atoms with van der Waals surface area (Å²) in [5.41, 5.74) is 1.47. The standard InChI is InChI=1S/C7H7SeTe/c9-8-6-7-4-2-1-3-5-7/h1-5H,6H2. The molecule has 1 radical (unpaired) electrons. The topological polar surface area (TPSA) is 0 Å². The number of hydrogen-bond donors (Lipinski definition) is 0. The quantitative estimate of drug-likeness (QED) is 0.714. The van der Waals surface area contributed by atoms with Gasteiger partial charge >= 0.3 is 73.1 Å². The Labute approximate surface area is 72.7 Å². The fourth-order valence-corrected chi connectivity index (χ4v) is 3.35.